The molecule has 6 nitrogen and oxygen atoms in total. The van der Waals surface area contributed by atoms with E-state index < -0.39 is 10.0 Å². The summed E-state index contributed by atoms with van der Waals surface area (Å²) < 4.78 is 24.2. The van der Waals surface area contributed by atoms with Gasteiger partial charge in [-0.2, -0.15) is 0 Å². The number of nitrogens with zero attached hydrogens (tertiary/aromatic N) is 3. The summed E-state index contributed by atoms with van der Waals surface area (Å²) in [5.74, 6) is 0.751. The Morgan fingerprint density at radius 2 is 1.94 bits per heavy atom. The summed E-state index contributed by atoms with van der Waals surface area (Å²) in [5, 5.41) is 12.7. The van der Waals surface area contributed by atoms with Crippen LogP contribution in [0.1, 0.15) is 44.9 Å². The molecule has 7 heteroatoms. The van der Waals surface area contributed by atoms with Gasteiger partial charge in [-0.1, -0.05) is 19.8 Å². The number of rotatable bonds is 3. The quantitative estimate of drug-likeness (QED) is 0.863. The lowest BCUT2D eigenvalue weighted by molar-refractivity contribution is 0.382. The number of primary sulfonamides is 1. The molecular formula is C10H18N4O2S. The van der Waals surface area contributed by atoms with Crippen molar-refractivity contribution in [2.45, 2.75) is 49.6 Å². The Morgan fingerprint density at radius 3 is 2.35 bits per heavy atom. The standard InChI is InChI=1S/C10H18N4O2S/c1-3-10(6-4-5-7-10)8-12-13-9(14(8)2)17(11,15)16/h3-7H2,1-2H3,(H2,11,15,16). The van der Waals surface area contributed by atoms with Crippen molar-refractivity contribution in [2.24, 2.45) is 12.2 Å². The maximum Gasteiger partial charge on any atom is 0.273 e. The highest BCUT2D eigenvalue weighted by molar-refractivity contribution is 7.89. The molecule has 0 bridgehead atoms. The summed E-state index contributed by atoms with van der Waals surface area (Å²) in [4.78, 5) is 0. The van der Waals surface area contributed by atoms with Gasteiger partial charge in [-0.3, -0.25) is 0 Å². The molecule has 1 aliphatic rings. The SMILES string of the molecule is CCC1(c2nnc(S(N)(=O)=O)n2C)CCCC1. The predicted octanol–water partition coefficient (Wildman–Crippen LogP) is 0.684. The Hall–Kier alpha value is -0.950. The topological polar surface area (TPSA) is 90.9 Å². The van der Waals surface area contributed by atoms with E-state index in [2.05, 4.69) is 17.1 Å². The molecule has 1 fully saturated rings. The van der Waals surface area contributed by atoms with Crippen molar-refractivity contribution in [1.82, 2.24) is 14.8 Å². The zero-order chi connectivity index (χ0) is 12.7. The smallest absolute Gasteiger partial charge is 0.273 e. The molecule has 0 saturated heterocycles. The molecule has 0 atom stereocenters. The van der Waals surface area contributed by atoms with Crippen molar-refractivity contribution < 1.29 is 8.42 Å². The number of hydrogen-bond donors (Lipinski definition) is 1. The Morgan fingerprint density at radius 1 is 1.35 bits per heavy atom. The fourth-order valence-electron chi connectivity index (χ4n) is 2.81. The van der Waals surface area contributed by atoms with Gasteiger partial charge in [-0.15, -0.1) is 10.2 Å². The molecule has 0 amide bonds. The highest BCUT2D eigenvalue weighted by atomic mass is 32.2. The lowest BCUT2D eigenvalue weighted by Gasteiger charge is -2.25. The second-order valence-corrected chi connectivity index (χ2v) is 6.21. The highest BCUT2D eigenvalue weighted by Gasteiger charge is 2.39. The zero-order valence-electron chi connectivity index (χ0n) is 10.2. The minimum Gasteiger partial charge on any atom is -0.303 e. The van der Waals surface area contributed by atoms with E-state index in [0.29, 0.717) is 0 Å². The van der Waals surface area contributed by atoms with Crippen molar-refractivity contribution >= 4 is 10.0 Å². The molecule has 2 N–H and O–H groups in total. The second kappa shape index (κ2) is 4.06. The highest BCUT2D eigenvalue weighted by Crippen LogP contribution is 2.42. The van der Waals surface area contributed by atoms with Crippen LogP contribution in [-0.4, -0.2) is 23.2 Å². The minimum absolute atomic E-state index is 0.0231. The van der Waals surface area contributed by atoms with Crippen LogP contribution in [0.15, 0.2) is 5.16 Å². The van der Waals surface area contributed by atoms with Crippen LogP contribution >= 0.6 is 0 Å². The average Bonchev–Trinajstić information content (AvgIpc) is 2.83. The predicted molar refractivity (Wildman–Crippen MR) is 62.8 cm³/mol. The Balaban J connectivity index is 2.51. The van der Waals surface area contributed by atoms with Gasteiger partial charge in [-0.25, -0.2) is 13.6 Å². The molecule has 0 aliphatic heterocycles. The Bertz CT molecular complexity index is 514. The Kier molecular flexibility index (Phi) is 2.99. The molecule has 1 saturated carbocycles. The first-order valence-electron chi connectivity index (χ1n) is 5.83. The van der Waals surface area contributed by atoms with Crippen LogP contribution in [0.3, 0.4) is 0 Å². The van der Waals surface area contributed by atoms with E-state index >= 15 is 0 Å². The number of sulfonamides is 1. The van der Waals surface area contributed by atoms with Gasteiger partial charge in [0, 0.05) is 12.5 Å². The molecule has 2 rings (SSSR count). The van der Waals surface area contributed by atoms with Gasteiger partial charge in [0.15, 0.2) is 0 Å². The summed E-state index contributed by atoms with van der Waals surface area (Å²) in [6.07, 6.45) is 5.35. The van der Waals surface area contributed by atoms with Gasteiger partial charge < -0.3 is 4.57 Å². The summed E-state index contributed by atoms with van der Waals surface area (Å²) >= 11 is 0. The molecule has 17 heavy (non-hydrogen) atoms. The first-order valence-corrected chi connectivity index (χ1v) is 7.38. The van der Waals surface area contributed by atoms with E-state index in [4.69, 9.17) is 5.14 Å². The van der Waals surface area contributed by atoms with Gasteiger partial charge in [0.25, 0.3) is 15.2 Å². The molecule has 1 aliphatic carbocycles. The van der Waals surface area contributed by atoms with Gasteiger partial charge in [0.05, 0.1) is 0 Å². The third kappa shape index (κ3) is 1.97. The van der Waals surface area contributed by atoms with Crippen LogP contribution in [-0.2, 0) is 22.5 Å². The van der Waals surface area contributed by atoms with Crippen molar-refractivity contribution in [2.75, 3.05) is 0 Å². The molecule has 0 aromatic carbocycles. The minimum atomic E-state index is -3.79. The zero-order valence-corrected chi connectivity index (χ0v) is 11.0. The van der Waals surface area contributed by atoms with Gasteiger partial charge in [-0.05, 0) is 19.3 Å². The largest absolute Gasteiger partial charge is 0.303 e. The molecule has 0 radical (unpaired) electrons. The first kappa shape index (κ1) is 12.5. The third-order valence-corrected chi connectivity index (χ3v) is 4.67. The fourth-order valence-corrected chi connectivity index (χ4v) is 3.43. The van der Waals surface area contributed by atoms with Gasteiger partial charge in [0.2, 0.25) is 0 Å². The lowest BCUT2D eigenvalue weighted by Crippen LogP contribution is -2.26. The van der Waals surface area contributed by atoms with E-state index in [0.717, 1.165) is 37.9 Å². The van der Waals surface area contributed by atoms with E-state index in [-0.39, 0.29) is 10.6 Å². The fraction of sp³-hybridized carbons (Fsp3) is 0.800. The van der Waals surface area contributed by atoms with Crippen molar-refractivity contribution in [3.8, 4) is 0 Å². The molecule has 1 aromatic rings. The van der Waals surface area contributed by atoms with Crippen LogP contribution in [0, 0.1) is 0 Å². The maximum atomic E-state index is 11.3. The normalized spacial score (nSPS) is 19.7. The maximum absolute atomic E-state index is 11.3. The van der Waals surface area contributed by atoms with Crippen molar-refractivity contribution in [1.29, 1.82) is 0 Å². The van der Waals surface area contributed by atoms with E-state index in [1.54, 1.807) is 7.05 Å². The van der Waals surface area contributed by atoms with E-state index in [9.17, 15) is 8.42 Å². The molecule has 1 heterocycles. The van der Waals surface area contributed by atoms with Gasteiger partial charge in [0.1, 0.15) is 5.82 Å². The molecule has 0 spiro atoms. The van der Waals surface area contributed by atoms with Crippen molar-refractivity contribution in [3.63, 3.8) is 0 Å². The average molecular weight is 258 g/mol. The van der Waals surface area contributed by atoms with Crippen molar-refractivity contribution in [3.05, 3.63) is 5.82 Å². The van der Waals surface area contributed by atoms with Crippen LogP contribution in [0.2, 0.25) is 0 Å². The van der Waals surface area contributed by atoms with Crippen LogP contribution < -0.4 is 5.14 Å². The monoisotopic (exact) mass is 258 g/mol. The number of hydrogen-bond acceptors (Lipinski definition) is 4. The lowest BCUT2D eigenvalue weighted by atomic mass is 9.82. The summed E-state index contributed by atoms with van der Waals surface area (Å²) in [6.45, 7) is 2.11. The van der Waals surface area contributed by atoms with E-state index in [1.807, 2.05) is 0 Å². The van der Waals surface area contributed by atoms with Crippen LogP contribution in [0.4, 0.5) is 0 Å². The molecular weight excluding hydrogens is 240 g/mol. The second-order valence-electron chi connectivity index (χ2n) is 4.75. The first-order chi connectivity index (χ1) is 7.91. The number of aromatic nitrogens is 3. The molecule has 0 unspecified atom stereocenters. The number of nitrogens with two attached hydrogens (primary N) is 1. The summed E-state index contributed by atoms with van der Waals surface area (Å²) in [5.41, 5.74) is -0.0231. The summed E-state index contributed by atoms with van der Waals surface area (Å²) in [7, 11) is -2.12. The molecule has 96 valence electrons. The van der Waals surface area contributed by atoms with E-state index in [1.165, 1.54) is 4.57 Å². The molecule has 1 aromatic heterocycles. The third-order valence-electron chi connectivity index (χ3n) is 3.80. The van der Waals surface area contributed by atoms with Gasteiger partial charge >= 0.3 is 0 Å². The van der Waals surface area contributed by atoms with Crippen LogP contribution in [0.5, 0.6) is 0 Å². The summed E-state index contributed by atoms with van der Waals surface area (Å²) in [6, 6.07) is 0. The Labute approximate surface area is 101 Å². The van der Waals surface area contributed by atoms with Crippen LogP contribution in [0.25, 0.3) is 0 Å².